The highest BCUT2D eigenvalue weighted by Crippen LogP contribution is 2.33. The first-order valence-electron chi connectivity index (χ1n) is 6.90. The summed E-state index contributed by atoms with van der Waals surface area (Å²) in [5.41, 5.74) is 8.05. The minimum atomic E-state index is 0.128. The second-order valence-electron chi connectivity index (χ2n) is 5.42. The molecule has 0 spiro atoms. The third kappa shape index (κ3) is 2.67. The van der Waals surface area contributed by atoms with E-state index in [4.69, 9.17) is 15.0 Å². The second kappa shape index (κ2) is 5.25. The van der Waals surface area contributed by atoms with Gasteiger partial charge in [-0.05, 0) is 43.4 Å². The number of methoxy groups -OCH3 is 1. The predicted molar refractivity (Wildman–Crippen MR) is 75.4 cm³/mol. The highest BCUT2D eigenvalue weighted by atomic mass is 16.5. The van der Waals surface area contributed by atoms with Gasteiger partial charge in [0.2, 0.25) is 11.7 Å². The average Bonchev–Trinajstić information content (AvgIpc) is 3.20. The first-order valence-corrected chi connectivity index (χ1v) is 6.90. The summed E-state index contributed by atoms with van der Waals surface area (Å²) >= 11 is 0. The van der Waals surface area contributed by atoms with Crippen molar-refractivity contribution in [3.63, 3.8) is 0 Å². The summed E-state index contributed by atoms with van der Waals surface area (Å²) in [6.45, 7) is 2.02. The first kappa shape index (κ1) is 13.1. The molecule has 1 saturated carbocycles. The Labute approximate surface area is 118 Å². The molecule has 20 heavy (non-hydrogen) atoms. The third-order valence-corrected chi connectivity index (χ3v) is 3.70. The summed E-state index contributed by atoms with van der Waals surface area (Å²) in [5.74, 6) is 2.53. The van der Waals surface area contributed by atoms with E-state index in [1.54, 1.807) is 7.11 Å². The fourth-order valence-corrected chi connectivity index (χ4v) is 2.32. The Morgan fingerprint density at radius 2 is 2.25 bits per heavy atom. The lowest BCUT2D eigenvalue weighted by molar-refractivity contribution is 0.363. The van der Waals surface area contributed by atoms with Crippen LogP contribution in [0.2, 0.25) is 0 Å². The molecule has 1 aliphatic rings. The van der Waals surface area contributed by atoms with Gasteiger partial charge in [0, 0.05) is 12.5 Å². The van der Waals surface area contributed by atoms with Gasteiger partial charge < -0.3 is 15.0 Å². The molecule has 2 aromatic rings. The number of ether oxygens (including phenoxy) is 1. The summed E-state index contributed by atoms with van der Waals surface area (Å²) in [5, 5.41) is 4.04. The van der Waals surface area contributed by atoms with E-state index >= 15 is 0 Å². The van der Waals surface area contributed by atoms with Crippen LogP contribution in [0.4, 0.5) is 0 Å². The number of nitrogens with zero attached hydrogens (tertiary/aromatic N) is 2. The number of aromatic nitrogens is 2. The van der Waals surface area contributed by atoms with Crippen molar-refractivity contribution < 1.29 is 9.26 Å². The Bertz CT molecular complexity index is 605. The Balaban J connectivity index is 1.82. The van der Waals surface area contributed by atoms with Crippen molar-refractivity contribution in [3.8, 4) is 17.1 Å². The predicted octanol–water partition coefficient (Wildman–Crippen LogP) is 2.33. The van der Waals surface area contributed by atoms with Gasteiger partial charge in [-0.1, -0.05) is 11.2 Å². The van der Waals surface area contributed by atoms with Crippen molar-refractivity contribution in [2.75, 3.05) is 7.11 Å². The van der Waals surface area contributed by atoms with Crippen molar-refractivity contribution in [2.24, 2.45) is 11.7 Å². The fraction of sp³-hybridized carbons (Fsp3) is 0.467. The summed E-state index contributed by atoms with van der Waals surface area (Å²) in [6.07, 6.45) is 3.08. The monoisotopic (exact) mass is 273 g/mol. The molecule has 2 N–H and O–H groups in total. The molecule has 3 rings (SSSR count). The normalized spacial score (nSPS) is 16.1. The van der Waals surface area contributed by atoms with Crippen LogP contribution in [0.25, 0.3) is 11.4 Å². The number of aryl methyl sites for hydroxylation is 1. The zero-order chi connectivity index (χ0) is 14.1. The standard InChI is InChI=1S/C15H19N3O2/c1-9-3-6-11(13(7-9)19-2)15-17-14(20-18-15)8-12(16)10-4-5-10/h3,6-7,10,12H,4-5,8,16H2,1-2H3. The molecule has 1 fully saturated rings. The van der Waals surface area contributed by atoms with E-state index in [-0.39, 0.29) is 6.04 Å². The molecular formula is C15H19N3O2. The van der Waals surface area contributed by atoms with Gasteiger partial charge in [0.05, 0.1) is 12.7 Å². The molecule has 1 aliphatic carbocycles. The van der Waals surface area contributed by atoms with Gasteiger partial charge in [-0.2, -0.15) is 4.98 Å². The fourth-order valence-electron chi connectivity index (χ4n) is 2.32. The first-order chi connectivity index (χ1) is 9.67. The number of rotatable bonds is 5. The van der Waals surface area contributed by atoms with E-state index in [9.17, 15) is 0 Å². The van der Waals surface area contributed by atoms with Crippen molar-refractivity contribution in [1.29, 1.82) is 0 Å². The van der Waals surface area contributed by atoms with Crippen LogP contribution in [0.15, 0.2) is 22.7 Å². The molecule has 5 nitrogen and oxygen atoms in total. The van der Waals surface area contributed by atoms with Crippen LogP contribution in [-0.2, 0) is 6.42 Å². The second-order valence-corrected chi connectivity index (χ2v) is 5.42. The van der Waals surface area contributed by atoms with Crippen LogP contribution in [0.1, 0.15) is 24.3 Å². The van der Waals surface area contributed by atoms with Crippen LogP contribution >= 0.6 is 0 Å². The van der Waals surface area contributed by atoms with Gasteiger partial charge >= 0.3 is 0 Å². The number of nitrogens with two attached hydrogens (primary N) is 1. The van der Waals surface area contributed by atoms with Crippen LogP contribution in [0, 0.1) is 12.8 Å². The lowest BCUT2D eigenvalue weighted by atomic mass is 10.1. The zero-order valence-corrected chi connectivity index (χ0v) is 11.8. The van der Waals surface area contributed by atoms with Crippen LogP contribution < -0.4 is 10.5 Å². The van der Waals surface area contributed by atoms with E-state index in [0.29, 0.717) is 24.1 Å². The minimum absolute atomic E-state index is 0.128. The minimum Gasteiger partial charge on any atom is -0.496 e. The Morgan fingerprint density at radius 3 is 2.95 bits per heavy atom. The maximum absolute atomic E-state index is 6.08. The van der Waals surface area contributed by atoms with E-state index < -0.39 is 0 Å². The zero-order valence-electron chi connectivity index (χ0n) is 11.8. The molecule has 0 saturated heterocycles. The van der Waals surface area contributed by atoms with Crippen molar-refractivity contribution in [2.45, 2.75) is 32.2 Å². The summed E-state index contributed by atoms with van der Waals surface area (Å²) < 4.78 is 10.7. The van der Waals surface area contributed by atoms with E-state index in [2.05, 4.69) is 10.1 Å². The lowest BCUT2D eigenvalue weighted by Crippen LogP contribution is -2.25. The van der Waals surface area contributed by atoms with Crippen LogP contribution in [0.3, 0.4) is 0 Å². The quantitative estimate of drug-likeness (QED) is 0.905. The SMILES string of the molecule is COc1cc(C)ccc1-c1noc(CC(N)C2CC2)n1. The van der Waals surface area contributed by atoms with Crippen molar-refractivity contribution >= 4 is 0 Å². The molecule has 0 radical (unpaired) electrons. The van der Waals surface area contributed by atoms with Gasteiger partial charge in [0.1, 0.15) is 5.75 Å². The highest BCUT2D eigenvalue weighted by molar-refractivity contribution is 5.64. The van der Waals surface area contributed by atoms with Crippen molar-refractivity contribution in [1.82, 2.24) is 10.1 Å². The maximum atomic E-state index is 6.08. The Kier molecular flexibility index (Phi) is 3.44. The molecule has 1 unspecified atom stereocenters. The molecule has 106 valence electrons. The molecule has 1 aromatic carbocycles. The van der Waals surface area contributed by atoms with Crippen LogP contribution in [0.5, 0.6) is 5.75 Å². The summed E-state index contributed by atoms with van der Waals surface area (Å²) in [6, 6.07) is 6.04. The third-order valence-electron chi connectivity index (χ3n) is 3.70. The van der Waals surface area contributed by atoms with E-state index in [1.807, 2.05) is 25.1 Å². The van der Waals surface area contributed by atoms with E-state index in [0.717, 1.165) is 16.9 Å². The van der Waals surface area contributed by atoms with Gasteiger partial charge in [0.15, 0.2) is 0 Å². The average molecular weight is 273 g/mol. The molecule has 0 amide bonds. The van der Waals surface area contributed by atoms with Gasteiger partial charge in [-0.15, -0.1) is 0 Å². The van der Waals surface area contributed by atoms with E-state index in [1.165, 1.54) is 12.8 Å². The summed E-state index contributed by atoms with van der Waals surface area (Å²) in [4.78, 5) is 4.43. The summed E-state index contributed by atoms with van der Waals surface area (Å²) in [7, 11) is 1.64. The molecule has 0 aliphatic heterocycles. The largest absolute Gasteiger partial charge is 0.496 e. The number of hydrogen-bond donors (Lipinski definition) is 1. The number of benzene rings is 1. The molecule has 1 heterocycles. The maximum Gasteiger partial charge on any atom is 0.228 e. The molecule has 5 heteroatoms. The topological polar surface area (TPSA) is 74.2 Å². The lowest BCUT2D eigenvalue weighted by Gasteiger charge is -2.06. The van der Waals surface area contributed by atoms with Gasteiger partial charge in [-0.3, -0.25) is 0 Å². The smallest absolute Gasteiger partial charge is 0.228 e. The van der Waals surface area contributed by atoms with Gasteiger partial charge in [0.25, 0.3) is 0 Å². The molecular weight excluding hydrogens is 254 g/mol. The van der Waals surface area contributed by atoms with Crippen molar-refractivity contribution in [3.05, 3.63) is 29.7 Å². The molecule has 1 aromatic heterocycles. The van der Waals surface area contributed by atoms with Gasteiger partial charge in [-0.25, -0.2) is 0 Å². The molecule has 0 bridgehead atoms. The Morgan fingerprint density at radius 1 is 1.45 bits per heavy atom. The Hall–Kier alpha value is -1.88. The van der Waals surface area contributed by atoms with Crippen LogP contribution in [-0.4, -0.2) is 23.3 Å². The highest BCUT2D eigenvalue weighted by Gasteiger charge is 2.29. The number of hydrogen-bond acceptors (Lipinski definition) is 5. The molecule has 1 atom stereocenters.